The summed E-state index contributed by atoms with van der Waals surface area (Å²) in [4.78, 5) is 0. The zero-order chi connectivity index (χ0) is 14.6. The first-order chi connectivity index (χ1) is 8.44. The second-order valence-electron chi connectivity index (χ2n) is 7.50. The summed E-state index contributed by atoms with van der Waals surface area (Å²) in [6.45, 7) is 17.8. The Balaban J connectivity index is 2.31. The second kappa shape index (κ2) is 4.45. The van der Waals surface area contributed by atoms with Crippen LogP contribution < -0.4 is 9.28 Å². The fourth-order valence-electron chi connectivity index (χ4n) is 2.33. The van der Waals surface area contributed by atoms with Gasteiger partial charge in [0.1, 0.15) is 0 Å². The van der Waals surface area contributed by atoms with Gasteiger partial charge < -0.3 is 9.31 Å². The Hall–Kier alpha value is -0.0982. The molecule has 0 atom stereocenters. The molecule has 1 aromatic rings. The van der Waals surface area contributed by atoms with Gasteiger partial charge in [-0.1, -0.05) is 19.6 Å². The molecule has 5 heteroatoms. The van der Waals surface area contributed by atoms with Crippen LogP contribution in [0.2, 0.25) is 19.6 Å². The minimum Gasteiger partial charge on any atom is -0.399 e. The smallest absolute Gasteiger partial charge is 0.399 e. The van der Waals surface area contributed by atoms with Gasteiger partial charge in [0.2, 0.25) is 0 Å². The summed E-state index contributed by atoms with van der Waals surface area (Å²) in [6, 6.07) is 2.25. The molecule has 1 saturated heterocycles. The van der Waals surface area contributed by atoms with Crippen molar-refractivity contribution < 1.29 is 9.31 Å². The Kier molecular flexibility index (Phi) is 3.58. The highest BCUT2D eigenvalue weighted by Crippen LogP contribution is 2.36. The number of hydrogen-bond donors (Lipinski definition) is 0. The van der Waals surface area contributed by atoms with Gasteiger partial charge in [-0.25, -0.2) is 0 Å². The number of hydrogen-bond acceptors (Lipinski definition) is 3. The molecule has 0 radical (unpaired) electrons. The molecule has 106 valence electrons. The van der Waals surface area contributed by atoms with Gasteiger partial charge in [0.25, 0.3) is 0 Å². The Morgan fingerprint density at radius 2 is 1.53 bits per heavy atom. The summed E-state index contributed by atoms with van der Waals surface area (Å²) in [6.07, 6.45) is 0. The lowest BCUT2D eigenvalue weighted by Gasteiger charge is -2.32. The molecule has 0 aromatic carbocycles. The van der Waals surface area contributed by atoms with Gasteiger partial charge in [-0.15, -0.1) is 0 Å². The quantitative estimate of drug-likeness (QED) is 0.781. The second-order valence-corrected chi connectivity index (χ2v) is 13.9. The fourth-order valence-corrected chi connectivity index (χ4v) is 6.04. The van der Waals surface area contributed by atoms with E-state index in [0.717, 1.165) is 0 Å². The molecular weight excluding hydrogens is 271 g/mol. The van der Waals surface area contributed by atoms with E-state index in [-0.39, 0.29) is 18.3 Å². The van der Waals surface area contributed by atoms with E-state index in [9.17, 15) is 0 Å². The first-order valence-corrected chi connectivity index (χ1v) is 11.2. The van der Waals surface area contributed by atoms with Crippen LogP contribution in [-0.2, 0) is 9.31 Å². The van der Waals surface area contributed by atoms with E-state index in [2.05, 4.69) is 60.3 Å². The van der Waals surface area contributed by atoms with Crippen LogP contribution >= 0.6 is 11.3 Å². The van der Waals surface area contributed by atoms with Crippen molar-refractivity contribution in [3.63, 3.8) is 0 Å². The maximum absolute atomic E-state index is 6.13. The molecule has 19 heavy (non-hydrogen) atoms. The molecule has 1 aliphatic heterocycles. The molecule has 2 rings (SSSR count). The summed E-state index contributed by atoms with van der Waals surface area (Å²) in [5, 5.41) is 0. The van der Waals surface area contributed by atoms with Crippen LogP contribution in [0.1, 0.15) is 33.3 Å². The van der Waals surface area contributed by atoms with Gasteiger partial charge in [0.15, 0.2) is 0 Å². The van der Waals surface area contributed by atoms with E-state index in [1.165, 1.54) is 10.3 Å². The Labute approximate surface area is 122 Å². The van der Waals surface area contributed by atoms with Gasteiger partial charge >= 0.3 is 7.12 Å². The minimum absolute atomic E-state index is 0.209. The van der Waals surface area contributed by atoms with Crippen LogP contribution in [0, 0.1) is 6.92 Å². The zero-order valence-corrected chi connectivity index (χ0v) is 15.2. The topological polar surface area (TPSA) is 18.5 Å². The lowest BCUT2D eigenvalue weighted by molar-refractivity contribution is 0.00578. The first-order valence-electron chi connectivity index (χ1n) is 6.90. The molecule has 0 spiro atoms. The van der Waals surface area contributed by atoms with Gasteiger partial charge in [-0.2, -0.15) is 11.3 Å². The summed E-state index contributed by atoms with van der Waals surface area (Å²) in [5.41, 5.74) is 0.887. The molecule has 2 nitrogen and oxygen atoms in total. The molecule has 1 aliphatic rings. The number of thiophene rings is 1. The summed E-state index contributed by atoms with van der Waals surface area (Å²) >= 11 is 1.88. The Bertz CT molecular complexity index is 472. The highest BCUT2D eigenvalue weighted by molar-refractivity contribution is 7.33. The summed E-state index contributed by atoms with van der Waals surface area (Å²) in [7, 11) is -1.48. The maximum Gasteiger partial charge on any atom is 0.505 e. The molecule has 0 aliphatic carbocycles. The molecule has 0 saturated carbocycles. The van der Waals surface area contributed by atoms with E-state index in [0.29, 0.717) is 0 Å². The van der Waals surface area contributed by atoms with Crippen molar-refractivity contribution in [2.75, 3.05) is 0 Å². The Morgan fingerprint density at radius 3 is 1.89 bits per heavy atom. The Morgan fingerprint density at radius 1 is 1.05 bits per heavy atom. The van der Waals surface area contributed by atoms with Crippen molar-refractivity contribution in [2.45, 2.75) is 65.5 Å². The van der Waals surface area contributed by atoms with Crippen LogP contribution in [0.3, 0.4) is 0 Å². The zero-order valence-electron chi connectivity index (χ0n) is 13.4. The van der Waals surface area contributed by atoms with Crippen LogP contribution in [0.15, 0.2) is 6.07 Å². The molecule has 0 bridgehead atoms. The molecular formula is C14H25BO2SSi. The predicted octanol–water partition coefficient (Wildman–Crippen LogP) is 2.90. The highest BCUT2D eigenvalue weighted by Gasteiger charge is 2.52. The van der Waals surface area contributed by atoms with Crippen LogP contribution in [-0.4, -0.2) is 26.4 Å². The molecule has 0 N–H and O–H groups in total. The van der Waals surface area contributed by atoms with E-state index < -0.39 is 8.07 Å². The van der Waals surface area contributed by atoms with Gasteiger partial charge in [-0.3, -0.25) is 0 Å². The number of rotatable bonds is 2. The molecule has 1 aromatic heterocycles. The van der Waals surface area contributed by atoms with E-state index in [1.54, 1.807) is 4.50 Å². The third-order valence-corrected chi connectivity index (χ3v) is 9.08. The summed E-state index contributed by atoms with van der Waals surface area (Å²) in [5.74, 6) is 0. The largest absolute Gasteiger partial charge is 0.505 e. The van der Waals surface area contributed by atoms with Crippen molar-refractivity contribution >= 4 is 35.8 Å². The van der Waals surface area contributed by atoms with Crippen LogP contribution in [0.25, 0.3) is 0 Å². The first kappa shape index (κ1) is 15.3. The standard InChI is InChI=1S/C14H25BO2SSi/c1-10-9-11(18-12(10)19(6,7)8)15-16-13(2,3)14(4,5)17-15/h9H,1-8H3. The van der Waals surface area contributed by atoms with Crippen molar-refractivity contribution in [1.29, 1.82) is 0 Å². The van der Waals surface area contributed by atoms with Crippen LogP contribution in [0.4, 0.5) is 0 Å². The monoisotopic (exact) mass is 296 g/mol. The number of aryl methyl sites for hydroxylation is 1. The third kappa shape index (κ3) is 2.71. The molecule has 0 unspecified atom stereocenters. The normalized spacial score (nSPS) is 22.0. The SMILES string of the molecule is Cc1cc(B2OC(C)(C)C(C)(C)O2)sc1[Si](C)(C)C. The summed E-state index contributed by atoms with van der Waals surface area (Å²) < 4.78 is 15.0. The predicted molar refractivity (Wildman–Crippen MR) is 87.8 cm³/mol. The molecule has 1 fully saturated rings. The lowest BCUT2D eigenvalue weighted by atomic mass is 9.87. The van der Waals surface area contributed by atoms with E-state index in [4.69, 9.17) is 9.31 Å². The van der Waals surface area contributed by atoms with Crippen molar-refractivity contribution in [1.82, 2.24) is 0 Å². The van der Waals surface area contributed by atoms with Gasteiger partial charge in [0.05, 0.1) is 19.3 Å². The van der Waals surface area contributed by atoms with Crippen LogP contribution in [0.5, 0.6) is 0 Å². The third-order valence-electron chi connectivity index (χ3n) is 4.10. The molecule has 0 amide bonds. The van der Waals surface area contributed by atoms with Crippen molar-refractivity contribution in [3.05, 3.63) is 11.6 Å². The average Bonchev–Trinajstić information content (AvgIpc) is 2.65. The fraction of sp³-hybridized carbons (Fsp3) is 0.714. The van der Waals surface area contributed by atoms with E-state index >= 15 is 0 Å². The van der Waals surface area contributed by atoms with Crippen molar-refractivity contribution in [2.24, 2.45) is 0 Å². The molecule has 2 heterocycles. The lowest BCUT2D eigenvalue weighted by Crippen LogP contribution is -2.41. The minimum atomic E-state index is -1.27. The maximum atomic E-state index is 6.13. The van der Waals surface area contributed by atoms with Gasteiger partial charge in [-0.05, 0) is 50.7 Å². The average molecular weight is 296 g/mol. The van der Waals surface area contributed by atoms with Gasteiger partial charge in [0, 0.05) is 4.78 Å². The van der Waals surface area contributed by atoms with Crippen molar-refractivity contribution in [3.8, 4) is 0 Å². The van der Waals surface area contributed by atoms with E-state index in [1.807, 2.05) is 11.3 Å². The highest BCUT2D eigenvalue weighted by atomic mass is 32.1.